The zero-order valence-electron chi connectivity index (χ0n) is 13.2. The molecule has 7 heteroatoms. The molecule has 3 rings (SSSR count). The molecular formula is C17H17N5O2. The molecule has 1 amide bonds. The third-order valence-corrected chi connectivity index (χ3v) is 3.57. The molecule has 0 aliphatic carbocycles. The van der Waals surface area contributed by atoms with Crippen molar-refractivity contribution >= 4 is 17.4 Å². The molecule has 0 aliphatic heterocycles. The first-order chi connectivity index (χ1) is 11.7. The lowest BCUT2D eigenvalue weighted by Gasteiger charge is -2.09. The highest BCUT2D eigenvalue weighted by Crippen LogP contribution is 2.07. The van der Waals surface area contributed by atoms with E-state index in [1.165, 1.54) is 10.6 Å². The van der Waals surface area contributed by atoms with Gasteiger partial charge in [-0.15, -0.1) is 0 Å². The van der Waals surface area contributed by atoms with E-state index in [1.54, 1.807) is 30.6 Å². The van der Waals surface area contributed by atoms with Gasteiger partial charge in [0.05, 0.1) is 0 Å². The van der Waals surface area contributed by atoms with Crippen LogP contribution in [0.4, 0.5) is 5.82 Å². The van der Waals surface area contributed by atoms with Crippen LogP contribution in [-0.2, 0) is 0 Å². The zero-order chi connectivity index (χ0) is 16.9. The fraction of sp³-hybridized carbons (Fsp3) is 0.176. The number of hydrogen-bond donors (Lipinski definition) is 2. The van der Waals surface area contributed by atoms with Crippen LogP contribution in [0.1, 0.15) is 15.9 Å². The molecular weight excluding hydrogens is 306 g/mol. The van der Waals surface area contributed by atoms with Gasteiger partial charge >= 0.3 is 0 Å². The standard InChI is InChI=1S/C17H17N5O2/c1-12-5-4-7-18-15(12)19-8-9-20-16(23)13-11-21-14-6-2-3-10-22(14)17(13)24/h2-7,10-11H,8-9H2,1H3,(H,18,19)(H,20,23). The summed E-state index contributed by atoms with van der Waals surface area (Å²) in [6, 6.07) is 9.03. The summed E-state index contributed by atoms with van der Waals surface area (Å²) in [5, 5.41) is 5.85. The second kappa shape index (κ2) is 6.91. The summed E-state index contributed by atoms with van der Waals surface area (Å²) < 4.78 is 1.35. The number of rotatable bonds is 5. The number of pyridine rings is 2. The topological polar surface area (TPSA) is 88.4 Å². The Kier molecular flexibility index (Phi) is 4.51. The molecule has 0 bridgehead atoms. The molecule has 0 spiro atoms. The quantitative estimate of drug-likeness (QED) is 0.690. The van der Waals surface area contributed by atoms with E-state index in [9.17, 15) is 9.59 Å². The number of amides is 1. The van der Waals surface area contributed by atoms with Gasteiger partial charge in [-0.05, 0) is 30.7 Å². The number of nitrogens with zero attached hydrogens (tertiary/aromatic N) is 3. The number of hydrogen-bond acceptors (Lipinski definition) is 5. The Hall–Kier alpha value is -3.22. The van der Waals surface area contributed by atoms with Gasteiger partial charge in [0.1, 0.15) is 17.0 Å². The molecule has 0 atom stereocenters. The van der Waals surface area contributed by atoms with Crippen LogP contribution < -0.4 is 16.2 Å². The molecule has 0 saturated heterocycles. The second-order valence-corrected chi connectivity index (χ2v) is 5.26. The van der Waals surface area contributed by atoms with Gasteiger partial charge < -0.3 is 10.6 Å². The van der Waals surface area contributed by atoms with Gasteiger partial charge in [-0.2, -0.15) is 0 Å². The van der Waals surface area contributed by atoms with Gasteiger partial charge in [-0.1, -0.05) is 12.1 Å². The van der Waals surface area contributed by atoms with Crippen LogP contribution in [0.2, 0.25) is 0 Å². The average molecular weight is 323 g/mol. The predicted octanol–water partition coefficient (Wildman–Crippen LogP) is 1.24. The smallest absolute Gasteiger partial charge is 0.270 e. The maximum Gasteiger partial charge on any atom is 0.270 e. The molecule has 7 nitrogen and oxygen atoms in total. The van der Waals surface area contributed by atoms with E-state index in [1.807, 2.05) is 19.1 Å². The number of aromatic nitrogens is 3. The maximum atomic E-state index is 12.3. The first-order valence-electron chi connectivity index (χ1n) is 7.57. The molecule has 0 aromatic carbocycles. The minimum Gasteiger partial charge on any atom is -0.368 e. The van der Waals surface area contributed by atoms with E-state index in [0.717, 1.165) is 11.4 Å². The third-order valence-electron chi connectivity index (χ3n) is 3.57. The van der Waals surface area contributed by atoms with Gasteiger partial charge in [-0.25, -0.2) is 9.97 Å². The Morgan fingerprint density at radius 1 is 1.17 bits per heavy atom. The molecule has 0 saturated carbocycles. The monoisotopic (exact) mass is 323 g/mol. The lowest BCUT2D eigenvalue weighted by molar-refractivity contribution is 0.0953. The van der Waals surface area contributed by atoms with Gasteiger partial charge in [0.2, 0.25) is 0 Å². The van der Waals surface area contributed by atoms with Gasteiger partial charge in [0.15, 0.2) is 0 Å². The number of anilines is 1. The third kappa shape index (κ3) is 3.24. The van der Waals surface area contributed by atoms with Gasteiger partial charge in [0, 0.05) is 31.7 Å². The van der Waals surface area contributed by atoms with Crippen LogP contribution in [-0.4, -0.2) is 33.4 Å². The molecule has 0 unspecified atom stereocenters. The van der Waals surface area contributed by atoms with E-state index >= 15 is 0 Å². The molecule has 3 heterocycles. The normalized spacial score (nSPS) is 10.5. The summed E-state index contributed by atoms with van der Waals surface area (Å²) in [5.74, 6) is 0.337. The fourth-order valence-electron chi connectivity index (χ4n) is 2.31. The van der Waals surface area contributed by atoms with E-state index in [4.69, 9.17) is 0 Å². The van der Waals surface area contributed by atoms with Crippen molar-refractivity contribution in [3.8, 4) is 0 Å². The summed E-state index contributed by atoms with van der Waals surface area (Å²) >= 11 is 0. The van der Waals surface area contributed by atoms with Crippen LogP contribution in [0.5, 0.6) is 0 Å². The van der Waals surface area contributed by atoms with Crippen LogP contribution >= 0.6 is 0 Å². The molecule has 0 aliphatic rings. The number of fused-ring (bicyclic) bond motifs is 1. The van der Waals surface area contributed by atoms with Crippen molar-refractivity contribution in [2.75, 3.05) is 18.4 Å². The Bertz CT molecular complexity index is 935. The zero-order valence-corrected chi connectivity index (χ0v) is 13.2. The van der Waals surface area contributed by atoms with Crippen LogP contribution in [0.25, 0.3) is 5.65 Å². The van der Waals surface area contributed by atoms with Crippen molar-refractivity contribution in [2.45, 2.75) is 6.92 Å². The summed E-state index contributed by atoms with van der Waals surface area (Å²) in [6.07, 6.45) is 4.60. The molecule has 3 aromatic rings. The largest absolute Gasteiger partial charge is 0.368 e. The summed E-state index contributed by atoms with van der Waals surface area (Å²) in [4.78, 5) is 32.8. The molecule has 3 aromatic heterocycles. The molecule has 0 radical (unpaired) electrons. The number of carbonyl (C=O) groups is 1. The maximum absolute atomic E-state index is 12.3. The van der Waals surface area contributed by atoms with Crippen LogP contribution in [0.15, 0.2) is 53.7 Å². The average Bonchev–Trinajstić information content (AvgIpc) is 2.60. The molecule has 0 fully saturated rings. The van der Waals surface area contributed by atoms with E-state index in [-0.39, 0.29) is 11.1 Å². The number of aryl methyl sites for hydroxylation is 1. The number of carbonyl (C=O) groups excluding carboxylic acids is 1. The first-order valence-corrected chi connectivity index (χ1v) is 7.57. The van der Waals surface area contributed by atoms with Crippen molar-refractivity contribution in [1.29, 1.82) is 0 Å². The summed E-state index contributed by atoms with van der Waals surface area (Å²) in [7, 11) is 0. The number of nitrogens with one attached hydrogen (secondary N) is 2. The highest BCUT2D eigenvalue weighted by atomic mass is 16.2. The van der Waals surface area contributed by atoms with Crippen molar-refractivity contribution in [2.24, 2.45) is 0 Å². The van der Waals surface area contributed by atoms with E-state index < -0.39 is 5.91 Å². The SMILES string of the molecule is Cc1cccnc1NCCNC(=O)c1cnc2ccccn2c1=O. The Labute approximate surface area is 138 Å². The van der Waals surface area contributed by atoms with Gasteiger partial charge in [-0.3, -0.25) is 14.0 Å². The Morgan fingerprint density at radius 2 is 2.04 bits per heavy atom. The highest BCUT2D eigenvalue weighted by Gasteiger charge is 2.12. The molecule has 2 N–H and O–H groups in total. The minimum absolute atomic E-state index is 0.0210. The molecule has 24 heavy (non-hydrogen) atoms. The second-order valence-electron chi connectivity index (χ2n) is 5.26. The van der Waals surface area contributed by atoms with Crippen molar-refractivity contribution < 1.29 is 4.79 Å². The van der Waals surface area contributed by atoms with Gasteiger partial charge in [0.25, 0.3) is 11.5 Å². The van der Waals surface area contributed by atoms with Crippen molar-refractivity contribution in [1.82, 2.24) is 19.7 Å². The first kappa shape index (κ1) is 15.7. The summed E-state index contributed by atoms with van der Waals surface area (Å²) in [5.41, 5.74) is 1.17. The molecule has 122 valence electrons. The lowest BCUT2D eigenvalue weighted by atomic mass is 10.3. The lowest BCUT2D eigenvalue weighted by Crippen LogP contribution is -2.34. The van der Waals surface area contributed by atoms with Crippen LogP contribution in [0, 0.1) is 6.92 Å². The summed E-state index contributed by atoms with van der Waals surface area (Å²) in [6.45, 7) is 2.83. The van der Waals surface area contributed by atoms with Crippen LogP contribution in [0.3, 0.4) is 0 Å². The fourth-order valence-corrected chi connectivity index (χ4v) is 2.31. The predicted molar refractivity (Wildman–Crippen MR) is 91.3 cm³/mol. The van der Waals surface area contributed by atoms with E-state index in [2.05, 4.69) is 20.6 Å². The van der Waals surface area contributed by atoms with E-state index in [0.29, 0.717) is 18.7 Å². The Morgan fingerprint density at radius 3 is 2.88 bits per heavy atom. The van der Waals surface area contributed by atoms with Crippen molar-refractivity contribution in [3.63, 3.8) is 0 Å². The van der Waals surface area contributed by atoms with Crippen molar-refractivity contribution in [3.05, 3.63) is 70.4 Å². The minimum atomic E-state index is -0.440. The highest BCUT2D eigenvalue weighted by molar-refractivity contribution is 5.93. The Balaban J connectivity index is 1.62.